The second kappa shape index (κ2) is 4.23. The zero-order chi connectivity index (χ0) is 10.8. The standard InChI is InChI=1S/C11H17NO3/c1-14-11(13)6-7-5-8-9(12)3-2-4-10(8)15-7/h7,9H,2-6,12H2,1H3/t7-,9+/m0/s1. The van der Waals surface area contributed by atoms with Crippen LogP contribution in [-0.4, -0.2) is 25.2 Å². The van der Waals surface area contributed by atoms with E-state index in [4.69, 9.17) is 10.5 Å². The lowest BCUT2D eigenvalue weighted by molar-refractivity contribution is -0.142. The molecule has 0 spiro atoms. The van der Waals surface area contributed by atoms with Gasteiger partial charge in [0, 0.05) is 18.9 Å². The average Bonchev–Trinajstić information content (AvgIpc) is 2.62. The first-order chi connectivity index (χ1) is 7.20. The number of esters is 1. The number of ether oxygens (including phenoxy) is 2. The molecule has 0 saturated heterocycles. The Kier molecular flexibility index (Phi) is 2.95. The van der Waals surface area contributed by atoms with Crippen molar-refractivity contribution in [1.29, 1.82) is 0 Å². The SMILES string of the molecule is COC(=O)C[C@@H]1CC2=C(CCC[C@H]2N)O1. The second-order valence-corrected chi connectivity index (χ2v) is 4.17. The third-order valence-corrected chi connectivity index (χ3v) is 3.10. The third kappa shape index (κ3) is 2.15. The van der Waals surface area contributed by atoms with Gasteiger partial charge >= 0.3 is 5.97 Å². The Hall–Kier alpha value is -1.03. The van der Waals surface area contributed by atoms with Gasteiger partial charge < -0.3 is 15.2 Å². The van der Waals surface area contributed by atoms with Crippen molar-refractivity contribution < 1.29 is 14.3 Å². The lowest BCUT2D eigenvalue weighted by Crippen LogP contribution is -2.25. The summed E-state index contributed by atoms with van der Waals surface area (Å²) in [7, 11) is 1.40. The molecule has 0 saturated carbocycles. The highest BCUT2D eigenvalue weighted by Crippen LogP contribution is 2.36. The van der Waals surface area contributed by atoms with E-state index < -0.39 is 0 Å². The fourth-order valence-electron chi connectivity index (χ4n) is 2.30. The monoisotopic (exact) mass is 211 g/mol. The van der Waals surface area contributed by atoms with Gasteiger partial charge in [-0.15, -0.1) is 0 Å². The number of allylic oxidation sites excluding steroid dienone is 1. The molecule has 0 unspecified atom stereocenters. The third-order valence-electron chi connectivity index (χ3n) is 3.10. The van der Waals surface area contributed by atoms with E-state index >= 15 is 0 Å². The molecule has 4 heteroatoms. The summed E-state index contributed by atoms with van der Waals surface area (Å²) in [6.45, 7) is 0. The van der Waals surface area contributed by atoms with Crippen LogP contribution >= 0.6 is 0 Å². The van der Waals surface area contributed by atoms with Crippen molar-refractivity contribution >= 4 is 5.97 Å². The van der Waals surface area contributed by atoms with Gasteiger partial charge in [0.2, 0.25) is 0 Å². The fourth-order valence-corrected chi connectivity index (χ4v) is 2.30. The molecule has 2 atom stereocenters. The van der Waals surface area contributed by atoms with Gasteiger partial charge in [0.25, 0.3) is 0 Å². The Labute approximate surface area is 89.4 Å². The molecule has 2 rings (SSSR count). The van der Waals surface area contributed by atoms with E-state index in [1.807, 2.05) is 0 Å². The first-order valence-electron chi connectivity index (χ1n) is 5.41. The Morgan fingerprint density at radius 1 is 1.67 bits per heavy atom. The number of carbonyl (C=O) groups is 1. The molecule has 0 radical (unpaired) electrons. The highest BCUT2D eigenvalue weighted by atomic mass is 16.5. The van der Waals surface area contributed by atoms with Gasteiger partial charge in [-0.1, -0.05) is 0 Å². The van der Waals surface area contributed by atoms with Gasteiger partial charge in [-0.3, -0.25) is 4.79 Å². The van der Waals surface area contributed by atoms with Crippen LogP contribution < -0.4 is 5.73 Å². The van der Waals surface area contributed by atoms with Crippen LogP contribution in [0.2, 0.25) is 0 Å². The maximum Gasteiger partial charge on any atom is 0.309 e. The molecule has 1 aliphatic heterocycles. The van der Waals surface area contributed by atoms with Gasteiger partial charge in [-0.2, -0.15) is 0 Å². The molecule has 0 aromatic carbocycles. The maximum absolute atomic E-state index is 11.1. The molecule has 1 heterocycles. The minimum atomic E-state index is -0.214. The van der Waals surface area contributed by atoms with Crippen LogP contribution in [0.25, 0.3) is 0 Å². The summed E-state index contributed by atoms with van der Waals surface area (Å²) < 4.78 is 10.3. The van der Waals surface area contributed by atoms with E-state index in [0.29, 0.717) is 6.42 Å². The quantitative estimate of drug-likeness (QED) is 0.695. The lowest BCUT2D eigenvalue weighted by Gasteiger charge is -2.18. The van der Waals surface area contributed by atoms with Crippen LogP contribution in [0.1, 0.15) is 32.1 Å². The van der Waals surface area contributed by atoms with Crippen LogP contribution in [0, 0.1) is 0 Å². The number of hydrogen-bond acceptors (Lipinski definition) is 4. The minimum Gasteiger partial charge on any atom is -0.494 e. The molecule has 0 aromatic rings. The Balaban J connectivity index is 1.95. The second-order valence-electron chi connectivity index (χ2n) is 4.17. The van der Waals surface area contributed by atoms with Crippen molar-refractivity contribution in [3.8, 4) is 0 Å². The molecule has 0 fully saturated rings. The highest BCUT2D eigenvalue weighted by Gasteiger charge is 2.32. The van der Waals surface area contributed by atoms with Crippen molar-refractivity contribution in [2.75, 3.05) is 7.11 Å². The normalized spacial score (nSPS) is 29.7. The molecule has 2 N–H and O–H groups in total. The first-order valence-corrected chi connectivity index (χ1v) is 5.41. The van der Waals surface area contributed by atoms with Gasteiger partial charge in [0.15, 0.2) is 0 Å². The summed E-state index contributed by atoms with van der Waals surface area (Å²) in [6.07, 6.45) is 4.17. The van der Waals surface area contributed by atoms with E-state index in [1.165, 1.54) is 12.7 Å². The van der Waals surface area contributed by atoms with Gasteiger partial charge in [-0.25, -0.2) is 0 Å². The topological polar surface area (TPSA) is 61.5 Å². The van der Waals surface area contributed by atoms with Crippen molar-refractivity contribution in [3.05, 3.63) is 11.3 Å². The smallest absolute Gasteiger partial charge is 0.309 e. The van der Waals surface area contributed by atoms with E-state index in [2.05, 4.69) is 4.74 Å². The molecular weight excluding hydrogens is 194 g/mol. The average molecular weight is 211 g/mol. The van der Waals surface area contributed by atoms with Crippen LogP contribution in [0.4, 0.5) is 0 Å². The minimum absolute atomic E-state index is 0.0494. The number of nitrogens with two attached hydrogens (primary N) is 1. The summed E-state index contributed by atoms with van der Waals surface area (Å²) >= 11 is 0. The van der Waals surface area contributed by atoms with Gasteiger partial charge in [0.1, 0.15) is 6.10 Å². The van der Waals surface area contributed by atoms with Crippen molar-refractivity contribution in [3.63, 3.8) is 0 Å². The van der Waals surface area contributed by atoms with Gasteiger partial charge in [-0.05, 0) is 18.4 Å². The molecule has 2 aliphatic rings. The molecular formula is C11H17NO3. The highest BCUT2D eigenvalue weighted by molar-refractivity contribution is 5.70. The molecule has 0 aromatic heterocycles. The summed E-state index contributed by atoms with van der Waals surface area (Å²) in [5.74, 6) is 0.816. The van der Waals surface area contributed by atoms with Crippen molar-refractivity contribution in [2.45, 2.75) is 44.2 Å². The predicted molar refractivity (Wildman–Crippen MR) is 55.0 cm³/mol. The van der Waals surface area contributed by atoms with Crippen molar-refractivity contribution in [1.82, 2.24) is 0 Å². The van der Waals surface area contributed by atoms with Gasteiger partial charge in [0.05, 0.1) is 19.3 Å². The van der Waals surface area contributed by atoms with E-state index in [9.17, 15) is 4.79 Å². The predicted octanol–water partition coefficient (Wildman–Crippen LogP) is 1.10. The van der Waals surface area contributed by atoms with Crippen molar-refractivity contribution in [2.24, 2.45) is 5.73 Å². The Morgan fingerprint density at radius 2 is 2.47 bits per heavy atom. The van der Waals surface area contributed by atoms with Crippen LogP contribution in [-0.2, 0) is 14.3 Å². The fraction of sp³-hybridized carbons (Fsp3) is 0.727. The van der Waals surface area contributed by atoms with E-state index in [-0.39, 0.29) is 18.1 Å². The molecule has 0 bridgehead atoms. The van der Waals surface area contributed by atoms with Crippen LogP contribution in [0.3, 0.4) is 0 Å². The number of carbonyl (C=O) groups excluding carboxylic acids is 1. The van der Waals surface area contributed by atoms with Crippen LogP contribution in [0.15, 0.2) is 11.3 Å². The number of rotatable bonds is 2. The Morgan fingerprint density at radius 3 is 3.13 bits per heavy atom. The molecule has 4 nitrogen and oxygen atoms in total. The summed E-state index contributed by atoms with van der Waals surface area (Å²) in [4.78, 5) is 11.1. The molecule has 1 aliphatic carbocycles. The maximum atomic E-state index is 11.1. The number of hydrogen-bond donors (Lipinski definition) is 1. The van der Waals surface area contributed by atoms with E-state index in [0.717, 1.165) is 31.4 Å². The molecule has 0 amide bonds. The first kappa shape index (κ1) is 10.5. The van der Waals surface area contributed by atoms with E-state index in [1.54, 1.807) is 0 Å². The molecule has 15 heavy (non-hydrogen) atoms. The summed E-state index contributed by atoms with van der Waals surface area (Å²) in [5.41, 5.74) is 7.21. The largest absolute Gasteiger partial charge is 0.494 e. The lowest BCUT2D eigenvalue weighted by atomic mass is 9.91. The van der Waals surface area contributed by atoms with Crippen LogP contribution in [0.5, 0.6) is 0 Å². The Bertz CT molecular complexity index is 298. The summed E-state index contributed by atoms with van der Waals surface area (Å²) in [6, 6.07) is 0.136. The zero-order valence-corrected chi connectivity index (χ0v) is 8.99. The zero-order valence-electron chi connectivity index (χ0n) is 8.99. The number of methoxy groups -OCH3 is 1. The summed E-state index contributed by atoms with van der Waals surface area (Å²) in [5, 5.41) is 0. The molecule has 84 valence electrons.